The summed E-state index contributed by atoms with van der Waals surface area (Å²) in [7, 11) is 5.58. The van der Waals surface area contributed by atoms with E-state index in [1.54, 1.807) is 7.11 Å². The molecule has 0 aliphatic carbocycles. The number of hydrogen-bond acceptors (Lipinski definition) is 4. The molecule has 0 aromatic heterocycles. The number of nitrogens with zero attached hydrogens (tertiary/aromatic N) is 1. The quantitative estimate of drug-likeness (QED) is 0.876. The van der Waals surface area contributed by atoms with Gasteiger partial charge in [-0.25, -0.2) is 0 Å². The second-order valence-corrected chi connectivity index (χ2v) is 6.22. The van der Waals surface area contributed by atoms with Gasteiger partial charge in [0.25, 0.3) is 0 Å². The summed E-state index contributed by atoms with van der Waals surface area (Å²) in [6, 6.07) is 5.77. The van der Waals surface area contributed by atoms with Gasteiger partial charge in [0.2, 0.25) is 5.91 Å². The third-order valence-electron chi connectivity index (χ3n) is 2.67. The lowest BCUT2D eigenvalue weighted by molar-refractivity contribution is -0.125. The van der Waals surface area contributed by atoms with Crippen molar-refractivity contribution in [2.75, 3.05) is 33.1 Å². The van der Waals surface area contributed by atoms with E-state index in [0.29, 0.717) is 11.4 Å². The summed E-state index contributed by atoms with van der Waals surface area (Å²) in [5, 5.41) is 2.84. The fourth-order valence-electron chi connectivity index (χ4n) is 1.78. The van der Waals surface area contributed by atoms with Gasteiger partial charge in [-0.15, -0.1) is 0 Å². The maximum absolute atomic E-state index is 12.0. The number of carbonyl (C=O) groups excluding carboxylic acids is 1. The molecule has 0 aliphatic heterocycles. The topological polar surface area (TPSA) is 50.8 Å². The average molecular weight is 294 g/mol. The molecule has 118 valence electrons. The van der Waals surface area contributed by atoms with Crippen molar-refractivity contribution in [2.45, 2.75) is 32.9 Å². The van der Waals surface area contributed by atoms with Gasteiger partial charge in [0.15, 0.2) is 0 Å². The van der Waals surface area contributed by atoms with E-state index in [1.165, 1.54) is 0 Å². The van der Waals surface area contributed by atoms with Crippen LogP contribution in [0.3, 0.4) is 0 Å². The van der Waals surface area contributed by atoms with Gasteiger partial charge in [-0.05, 0) is 52.6 Å². The number of anilines is 1. The molecule has 0 unspecified atom stereocenters. The van der Waals surface area contributed by atoms with E-state index in [2.05, 4.69) is 10.2 Å². The fourth-order valence-corrected chi connectivity index (χ4v) is 1.78. The Balaban J connectivity index is 2.77. The van der Waals surface area contributed by atoms with Crippen LogP contribution in [-0.2, 0) is 16.1 Å². The molecule has 1 aromatic rings. The summed E-state index contributed by atoms with van der Waals surface area (Å²) in [6.07, 6.45) is 0. The Morgan fingerprint density at radius 1 is 1.29 bits per heavy atom. The number of hydrogen-bond donors (Lipinski definition) is 1. The molecule has 0 saturated heterocycles. The molecule has 0 fully saturated rings. The van der Waals surface area contributed by atoms with Crippen LogP contribution in [0, 0.1) is 0 Å². The molecule has 0 atom stereocenters. The number of rotatable bonds is 6. The van der Waals surface area contributed by atoms with Crippen molar-refractivity contribution in [1.29, 1.82) is 0 Å². The number of amides is 1. The van der Waals surface area contributed by atoms with Crippen LogP contribution in [0.4, 0.5) is 5.69 Å². The maximum atomic E-state index is 12.0. The van der Waals surface area contributed by atoms with Gasteiger partial charge in [0, 0.05) is 6.54 Å². The molecule has 21 heavy (non-hydrogen) atoms. The first-order valence-electron chi connectivity index (χ1n) is 6.97. The van der Waals surface area contributed by atoms with Gasteiger partial charge in [0.1, 0.15) is 12.4 Å². The molecule has 0 heterocycles. The number of methoxy groups -OCH3 is 1. The van der Waals surface area contributed by atoms with Gasteiger partial charge in [-0.1, -0.05) is 6.07 Å². The van der Waals surface area contributed by atoms with Crippen molar-refractivity contribution in [1.82, 2.24) is 4.90 Å². The SMILES string of the molecule is COc1ccc(CN(C)C)cc1NC(=O)COC(C)(C)C. The smallest absolute Gasteiger partial charge is 0.250 e. The highest BCUT2D eigenvalue weighted by Crippen LogP contribution is 2.26. The normalized spacial score (nSPS) is 11.6. The zero-order valence-electron chi connectivity index (χ0n) is 13.8. The highest BCUT2D eigenvalue weighted by molar-refractivity contribution is 5.93. The van der Waals surface area contributed by atoms with E-state index >= 15 is 0 Å². The highest BCUT2D eigenvalue weighted by Gasteiger charge is 2.14. The van der Waals surface area contributed by atoms with Crippen LogP contribution in [0.15, 0.2) is 18.2 Å². The molecule has 0 spiro atoms. The van der Waals surface area contributed by atoms with Crippen molar-refractivity contribution in [3.8, 4) is 5.75 Å². The van der Waals surface area contributed by atoms with Crippen molar-refractivity contribution >= 4 is 11.6 Å². The Morgan fingerprint density at radius 3 is 2.48 bits per heavy atom. The summed E-state index contributed by atoms with van der Waals surface area (Å²) in [5.74, 6) is 0.451. The second kappa shape index (κ2) is 7.43. The van der Waals surface area contributed by atoms with Crippen molar-refractivity contribution in [2.24, 2.45) is 0 Å². The van der Waals surface area contributed by atoms with Gasteiger partial charge >= 0.3 is 0 Å². The van der Waals surface area contributed by atoms with Crippen LogP contribution in [0.25, 0.3) is 0 Å². The largest absolute Gasteiger partial charge is 0.495 e. The minimum atomic E-state index is -0.339. The third-order valence-corrected chi connectivity index (χ3v) is 2.67. The predicted octanol–water partition coefficient (Wildman–Crippen LogP) is 2.51. The zero-order valence-corrected chi connectivity index (χ0v) is 13.8. The molecular formula is C16H26N2O3. The molecule has 1 N–H and O–H groups in total. The van der Waals surface area contributed by atoms with Gasteiger partial charge in [0.05, 0.1) is 18.4 Å². The molecule has 1 rings (SSSR count). The van der Waals surface area contributed by atoms with E-state index in [9.17, 15) is 4.79 Å². The molecular weight excluding hydrogens is 268 g/mol. The second-order valence-electron chi connectivity index (χ2n) is 6.22. The lowest BCUT2D eigenvalue weighted by Crippen LogP contribution is -2.27. The Hall–Kier alpha value is -1.59. The minimum Gasteiger partial charge on any atom is -0.495 e. The van der Waals surface area contributed by atoms with Crippen LogP contribution in [0.5, 0.6) is 5.75 Å². The van der Waals surface area contributed by atoms with E-state index in [4.69, 9.17) is 9.47 Å². The van der Waals surface area contributed by atoms with Crippen molar-refractivity contribution in [3.05, 3.63) is 23.8 Å². The summed E-state index contributed by atoms with van der Waals surface area (Å²) in [4.78, 5) is 14.0. The molecule has 5 heteroatoms. The van der Waals surface area contributed by atoms with Crippen LogP contribution in [-0.4, -0.2) is 44.2 Å². The summed E-state index contributed by atoms with van der Waals surface area (Å²) in [5.41, 5.74) is 1.43. The predicted molar refractivity (Wildman–Crippen MR) is 84.7 cm³/mol. The highest BCUT2D eigenvalue weighted by atomic mass is 16.5. The van der Waals surface area contributed by atoms with Crippen molar-refractivity contribution < 1.29 is 14.3 Å². The van der Waals surface area contributed by atoms with Crippen molar-refractivity contribution in [3.63, 3.8) is 0 Å². The fraction of sp³-hybridized carbons (Fsp3) is 0.562. The first-order chi connectivity index (χ1) is 9.71. The Bertz CT molecular complexity index is 479. The standard InChI is InChI=1S/C16H26N2O3/c1-16(2,3)21-11-15(19)17-13-9-12(10-18(4)5)7-8-14(13)20-6/h7-9H,10-11H2,1-6H3,(H,17,19). The van der Waals surface area contributed by atoms with Gasteiger partial charge in [-0.2, -0.15) is 0 Å². The molecule has 1 aromatic carbocycles. The van der Waals surface area contributed by atoms with Crippen LogP contribution >= 0.6 is 0 Å². The lowest BCUT2D eigenvalue weighted by atomic mass is 10.1. The van der Waals surface area contributed by atoms with Crippen LogP contribution in [0.2, 0.25) is 0 Å². The van der Waals surface area contributed by atoms with E-state index in [0.717, 1.165) is 12.1 Å². The first-order valence-corrected chi connectivity index (χ1v) is 6.97. The van der Waals surface area contributed by atoms with Crippen LogP contribution < -0.4 is 10.1 Å². The molecule has 5 nitrogen and oxygen atoms in total. The number of ether oxygens (including phenoxy) is 2. The zero-order chi connectivity index (χ0) is 16.0. The summed E-state index contributed by atoms with van der Waals surface area (Å²) >= 11 is 0. The average Bonchev–Trinajstić information content (AvgIpc) is 2.35. The maximum Gasteiger partial charge on any atom is 0.250 e. The van der Waals surface area contributed by atoms with Crippen LogP contribution in [0.1, 0.15) is 26.3 Å². The Labute approximate surface area is 127 Å². The molecule has 0 aliphatic rings. The first kappa shape index (κ1) is 17.5. The Kier molecular flexibility index (Phi) is 6.18. The monoisotopic (exact) mass is 294 g/mol. The molecule has 1 amide bonds. The number of nitrogens with one attached hydrogen (secondary N) is 1. The van der Waals surface area contributed by atoms with Gasteiger partial charge in [-0.3, -0.25) is 4.79 Å². The molecule has 0 radical (unpaired) electrons. The summed E-state index contributed by atoms with van der Waals surface area (Å²) in [6.45, 7) is 6.56. The minimum absolute atomic E-state index is 0.0184. The lowest BCUT2D eigenvalue weighted by Gasteiger charge is -2.19. The molecule has 0 saturated carbocycles. The Morgan fingerprint density at radius 2 is 1.95 bits per heavy atom. The third kappa shape index (κ3) is 6.60. The van der Waals surface area contributed by atoms with E-state index in [-0.39, 0.29) is 18.1 Å². The molecule has 0 bridgehead atoms. The van der Waals surface area contributed by atoms with Gasteiger partial charge < -0.3 is 19.7 Å². The van der Waals surface area contributed by atoms with E-state index < -0.39 is 0 Å². The number of benzene rings is 1. The summed E-state index contributed by atoms with van der Waals surface area (Å²) < 4.78 is 10.8. The van der Waals surface area contributed by atoms with E-state index in [1.807, 2.05) is 53.1 Å². The number of carbonyl (C=O) groups is 1.